The van der Waals surface area contributed by atoms with Crippen LogP contribution >= 0.6 is 0 Å². The highest BCUT2D eigenvalue weighted by molar-refractivity contribution is 5.75. The predicted molar refractivity (Wildman–Crippen MR) is 75.7 cm³/mol. The highest BCUT2D eigenvalue weighted by Crippen LogP contribution is 2.16. The summed E-state index contributed by atoms with van der Waals surface area (Å²) in [5.41, 5.74) is 0.975. The summed E-state index contributed by atoms with van der Waals surface area (Å²) in [6.45, 7) is 6.69. The summed E-state index contributed by atoms with van der Waals surface area (Å²) in [7, 11) is 1.80. The van der Waals surface area contributed by atoms with Crippen LogP contribution in [0, 0.1) is 5.41 Å². The molecule has 19 heavy (non-hydrogen) atoms. The van der Waals surface area contributed by atoms with E-state index in [2.05, 4.69) is 4.98 Å². The van der Waals surface area contributed by atoms with Crippen LogP contribution in [0.3, 0.4) is 0 Å². The van der Waals surface area contributed by atoms with Crippen molar-refractivity contribution in [2.24, 2.45) is 5.41 Å². The van der Waals surface area contributed by atoms with Gasteiger partial charge in [-0.15, -0.1) is 0 Å². The average molecular weight is 262 g/mol. The number of carboxylic acids is 1. The van der Waals surface area contributed by atoms with E-state index in [0.717, 1.165) is 5.56 Å². The number of hydrogen-bond acceptors (Lipinski definition) is 3. The van der Waals surface area contributed by atoms with Crippen molar-refractivity contribution in [3.05, 3.63) is 42.2 Å². The first kappa shape index (κ1) is 15.4. The van der Waals surface area contributed by atoms with Gasteiger partial charge in [0.15, 0.2) is 0 Å². The Kier molecular flexibility index (Phi) is 5.24. The summed E-state index contributed by atoms with van der Waals surface area (Å²) in [5.74, 6) is -0.841. The van der Waals surface area contributed by atoms with Crippen LogP contribution < -0.4 is 0 Å². The Morgan fingerprint density at radius 1 is 1.53 bits per heavy atom. The van der Waals surface area contributed by atoms with Gasteiger partial charge in [0, 0.05) is 18.9 Å². The normalized spacial score (nSPS) is 13.9. The summed E-state index contributed by atoms with van der Waals surface area (Å²) in [5, 5.41) is 9.31. The summed E-state index contributed by atoms with van der Waals surface area (Å²) in [4.78, 5) is 17.2. The van der Waals surface area contributed by atoms with E-state index in [4.69, 9.17) is 0 Å². The first-order chi connectivity index (χ1) is 8.79. The minimum atomic E-state index is -0.841. The molecule has 1 aromatic heterocycles. The summed E-state index contributed by atoms with van der Waals surface area (Å²) < 4.78 is 0. The molecule has 0 aliphatic heterocycles. The molecule has 0 radical (unpaired) electrons. The Morgan fingerprint density at radius 3 is 2.68 bits per heavy atom. The van der Waals surface area contributed by atoms with Crippen LogP contribution in [0.2, 0.25) is 0 Å². The second kappa shape index (κ2) is 6.48. The van der Waals surface area contributed by atoms with Gasteiger partial charge in [0.25, 0.3) is 0 Å². The zero-order valence-corrected chi connectivity index (χ0v) is 12.0. The molecule has 4 nitrogen and oxygen atoms in total. The van der Waals surface area contributed by atoms with E-state index < -0.39 is 12.0 Å². The van der Waals surface area contributed by atoms with E-state index in [0.29, 0.717) is 6.54 Å². The maximum atomic E-state index is 11.3. The molecule has 0 amide bonds. The highest BCUT2D eigenvalue weighted by Gasteiger charge is 2.20. The molecule has 1 heterocycles. The van der Waals surface area contributed by atoms with Crippen LogP contribution in [-0.4, -0.2) is 34.0 Å². The molecular weight excluding hydrogens is 240 g/mol. The van der Waals surface area contributed by atoms with Gasteiger partial charge >= 0.3 is 5.97 Å². The van der Waals surface area contributed by atoms with Crippen LogP contribution in [0.1, 0.15) is 26.3 Å². The fourth-order valence-corrected chi connectivity index (χ4v) is 1.68. The summed E-state index contributed by atoms with van der Waals surface area (Å²) >= 11 is 0. The van der Waals surface area contributed by atoms with Crippen molar-refractivity contribution in [1.29, 1.82) is 0 Å². The topological polar surface area (TPSA) is 53.4 Å². The number of carbonyl (C=O) groups is 1. The van der Waals surface area contributed by atoms with Gasteiger partial charge in [-0.05, 0) is 24.1 Å². The van der Waals surface area contributed by atoms with Crippen molar-refractivity contribution in [3.8, 4) is 0 Å². The van der Waals surface area contributed by atoms with Gasteiger partial charge in [-0.3, -0.25) is 14.7 Å². The Morgan fingerprint density at radius 2 is 2.21 bits per heavy atom. The number of aromatic nitrogens is 1. The first-order valence-electron chi connectivity index (χ1n) is 6.31. The van der Waals surface area contributed by atoms with Crippen molar-refractivity contribution in [1.82, 2.24) is 9.88 Å². The van der Waals surface area contributed by atoms with Gasteiger partial charge in [0.05, 0.1) is 0 Å². The standard InChI is InChI=1S/C15H22N2O2/c1-15(2,3)8-7-13(14(18)19)17(4)11-12-6-5-9-16-10-12/h5-10,13H,11H2,1-4H3,(H,18,19)/b8-7+/t13-/m0/s1. The molecule has 104 valence electrons. The van der Waals surface area contributed by atoms with Crippen LogP contribution in [0.25, 0.3) is 0 Å². The lowest BCUT2D eigenvalue weighted by Crippen LogP contribution is -2.36. The zero-order chi connectivity index (χ0) is 14.5. The molecule has 1 aromatic rings. The van der Waals surface area contributed by atoms with E-state index in [1.807, 2.05) is 39.0 Å². The second-order valence-corrected chi connectivity index (χ2v) is 5.78. The lowest BCUT2D eigenvalue weighted by molar-refractivity contribution is -0.141. The predicted octanol–water partition coefficient (Wildman–Crippen LogP) is 2.57. The highest BCUT2D eigenvalue weighted by atomic mass is 16.4. The Labute approximate surface area is 114 Å². The van der Waals surface area contributed by atoms with Crippen LogP contribution in [0.4, 0.5) is 0 Å². The van der Waals surface area contributed by atoms with Crippen LogP contribution in [-0.2, 0) is 11.3 Å². The minimum Gasteiger partial charge on any atom is -0.480 e. The molecule has 0 saturated carbocycles. The third-order valence-electron chi connectivity index (χ3n) is 2.66. The number of aliphatic carboxylic acids is 1. The monoisotopic (exact) mass is 262 g/mol. The van der Waals surface area contributed by atoms with E-state index in [1.54, 1.807) is 30.4 Å². The van der Waals surface area contributed by atoms with Crippen LogP contribution in [0.5, 0.6) is 0 Å². The summed E-state index contributed by atoms with van der Waals surface area (Å²) in [6.07, 6.45) is 7.14. The molecule has 0 saturated heterocycles. The van der Waals surface area contributed by atoms with Crippen molar-refractivity contribution in [2.75, 3.05) is 7.05 Å². The molecule has 0 bridgehead atoms. The number of carboxylic acid groups (broad SMARTS) is 1. The molecule has 4 heteroatoms. The molecule has 0 unspecified atom stereocenters. The van der Waals surface area contributed by atoms with Crippen molar-refractivity contribution in [3.63, 3.8) is 0 Å². The van der Waals surface area contributed by atoms with Gasteiger partial charge < -0.3 is 5.11 Å². The number of hydrogen-bond donors (Lipinski definition) is 1. The van der Waals surface area contributed by atoms with E-state index in [-0.39, 0.29) is 5.41 Å². The molecule has 0 aliphatic rings. The van der Waals surface area contributed by atoms with Crippen molar-refractivity contribution < 1.29 is 9.90 Å². The van der Waals surface area contributed by atoms with Gasteiger partial charge in [-0.25, -0.2) is 0 Å². The largest absolute Gasteiger partial charge is 0.480 e. The van der Waals surface area contributed by atoms with E-state index in [9.17, 15) is 9.90 Å². The molecule has 0 spiro atoms. The smallest absolute Gasteiger partial charge is 0.324 e. The van der Waals surface area contributed by atoms with Gasteiger partial charge in [-0.1, -0.05) is 39.0 Å². The van der Waals surface area contributed by atoms with Gasteiger partial charge in [0.2, 0.25) is 0 Å². The third-order valence-corrected chi connectivity index (χ3v) is 2.66. The maximum Gasteiger partial charge on any atom is 0.324 e. The molecular formula is C15H22N2O2. The number of rotatable bonds is 5. The number of nitrogens with zero attached hydrogens (tertiary/aromatic N) is 2. The SMILES string of the molecule is CN(Cc1cccnc1)[C@@H](/C=C/C(C)(C)C)C(=O)O. The fourth-order valence-electron chi connectivity index (χ4n) is 1.68. The summed E-state index contributed by atoms with van der Waals surface area (Å²) in [6, 6.07) is 3.17. The first-order valence-corrected chi connectivity index (χ1v) is 6.31. The second-order valence-electron chi connectivity index (χ2n) is 5.78. The molecule has 0 aromatic carbocycles. The minimum absolute atomic E-state index is 0.0250. The van der Waals surface area contributed by atoms with Gasteiger partial charge in [0.1, 0.15) is 6.04 Å². The Bertz CT molecular complexity index is 435. The maximum absolute atomic E-state index is 11.3. The zero-order valence-electron chi connectivity index (χ0n) is 12.0. The average Bonchev–Trinajstić information content (AvgIpc) is 2.28. The Hall–Kier alpha value is -1.68. The molecule has 1 rings (SSSR count). The van der Waals surface area contributed by atoms with E-state index >= 15 is 0 Å². The third kappa shape index (κ3) is 5.66. The van der Waals surface area contributed by atoms with Crippen molar-refractivity contribution in [2.45, 2.75) is 33.4 Å². The van der Waals surface area contributed by atoms with Crippen molar-refractivity contribution >= 4 is 5.97 Å². The lowest BCUT2D eigenvalue weighted by Gasteiger charge is -2.23. The number of pyridine rings is 1. The molecule has 1 atom stereocenters. The fraction of sp³-hybridized carbons (Fsp3) is 0.467. The molecule has 0 fully saturated rings. The molecule has 0 aliphatic carbocycles. The van der Waals surface area contributed by atoms with E-state index in [1.165, 1.54) is 0 Å². The lowest BCUT2D eigenvalue weighted by atomic mass is 9.95. The molecule has 1 N–H and O–H groups in total. The number of likely N-dealkylation sites (N-methyl/N-ethyl adjacent to an activating group) is 1. The Balaban J connectivity index is 2.77. The van der Waals surface area contributed by atoms with Gasteiger partial charge in [-0.2, -0.15) is 0 Å². The number of allylic oxidation sites excluding steroid dienone is 1. The quantitative estimate of drug-likeness (QED) is 0.829. The van der Waals surface area contributed by atoms with Crippen LogP contribution in [0.15, 0.2) is 36.7 Å².